The molecular formula is C25H15N3S2. The van der Waals surface area contributed by atoms with Gasteiger partial charge in [-0.3, -0.25) is 0 Å². The average Bonchev–Trinajstić information content (AvgIpc) is 3.43. The summed E-state index contributed by atoms with van der Waals surface area (Å²) in [4.78, 5) is 2.26. The SMILES string of the molecule is c1ccc(-c2nnnc(-c3cc4ccccc4s3)c2-c2cc3ccccc3s2)cc1. The van der Waals surface area contributed by atoms with Crippen LogP contribution < -0.4 is 0 Å². The topological polar surface area (TPSA) is 38.7 Å². The van der Waals surface area contributed by atoms with E-state index in [2.05, 4.69) is 88.2 Å². The van der Waals surface area contributed by atoms with E-state index in [0.29, 0.717) is 0 Å². The lowest BCUT2D eigenvalue weighted by Crippen LogP contribution is -1.98. The van der Waals surface area contributed by atoms with Crippen molar-refractivity contribution in [2.45, 2.75) is 0 Å². The zero-order valence-corrected chi connectivity index (χ0v) is 17.5. The standard InChI is InChI=1S/C25H15N3S2/c1-2-8-16(9-3-1)24-23(21-14-17-10-4-6-12-19(17)29-21)25(27-28-26-24)22-15-18-11-5-7-13-20(18)30-22/h1-15H. The maximum atomic E-state index is 4.53. The smallest absolute Gasteiger partial charge is 0.116 e. The van der Waals surface area contributed by atoms with E-state index in [1.54, 1.807) is 22.7 Å². The highest BCUT2D eigenvalue weighted by atomic mass is 32.1. The van der Waals surface area contributed by atoms with E-state index in [-0.39, 0.29) is 0 Å². The van der Waals surface area contributed by atoms with Gasteiger partial charge in [0.2, 0.25) is 0 Å². The molecule has 3 nitrogen and oxygen atoms in total. The summed E-state index contributed by atoms with van der Waals surface area (Å²) < 4.78 is 2.50. The lowest BCUT2D eigenvalue weighted by Gasteiger charge is -2.10. The predicted octanol–water partition coefficient (Wildman–Crippen LogP) is 7.30. The van der Waals surface area contributed by atoms with Crippen LogP contribution in [0.15, 0.2) is 91.0 Å². The van der Waals surface area contributed by atoms with Crippen LogP contribution in [-0.4, -0.2) is 15.4 Å². The monoisotopic (exact) mass is 421 g/mol. The number of rotatable bonds is 3. The number of fused-ring (bicyclic) bond motifs is 2. The van der Waals surface area contributed by atoms with Gasteiger partial charge in [-0.2, -0.15) is 0 Å². The maximum Gasteiger partial charge on any atom is 0.116 e. The molecule has 0 bridgehead atoms. The normalized spacial score (nSPS) is 11.3. The van der Waals surface area contributed by atoms with E-state index in [1.165, 1.54) is 20.2 Å². The molecule has 0 saturated carbocycles. The molecule has 142 valence electrons. The maximum absolute atomic E-state index is 4.53. The third-order valence-electron chi connectivity index (χ3n) is 5.14. The molecule has 6 aromatic rings. The molecule has 0 aliphatic heterocycles. The first-order valence-corrected chi connectivity index (χ1v) is 11.3. The first-order chi connectivity index (χ1) is 14.9. The van der Waals surface area contributed by atoms with Crippen LogP contribution in [0.3, 0.4) is 0 Å². The zero-order valence-electron chi connectivity index (χ0n) is 15.8. The molecule has 3 aromatic carbocycles. The van der Waals surface area contributed by atoms with Gasteiger partial charge < -0.3 is 0 Å². The van der Waals surface area contributed by atoms with Crippen molar-refractivity contribution in [2.75, 3.05) is 0 Å². The highest BCUT2D eigenvalue weighted by Gasteiger charge is 2.21. The number of benzene rings is 3. The molecule has 0 atom stereocenters. The number of thiophene rings is 2. The van der Waals surface area contributed by atoms with Crippen LogP contribution in [-0.2, 0) is 0 Å². The molecule has 5 heteroatoms. The summed E-state index contributed by atoms with van der Waals surface area (Å²) in [7, 11) is 0. The van der Waals surface area contributed by atoms with Crippen molar-refractivity contribution in [1.82, 2.24) is 15.4 Å². The Morgan fingerprint density at radius 1 is 0.533 bits per heavy atom. The highest BCUT2D eigenvalue weighted by Crippen LogP contribution is 2.44. The number of hydrogen-bond donors (Lipinski definition) is 0. The third kappa shape index (κ3) is 2.91. The van der Waals surface area contributed by atoms with Gasteiger partial charge in [0, 0.05) is 25.4 Å². The molecule has 30 heavy (non-hydrogen) atoms. The van der Waals surface area contributed by atoms with E-state index in [4.69, 9.17) is 0 Å². The Bertz CT molecular complexity index is 1430. The summed E-state index contributed by atoms with van der Waals surface area (Å²) >= 11 is 3.52. The Balaban J connectivity index is 1.66. The van der Waals surface area contributed by atoms with E-state index in [0.717, 1.165) is 32.3 Å². The summed E-state index contributed by atoms with van der Waals surface area (Å²) in [5.74, 6) is 0. The Kier molecular flexibility index (Phi) is 4.15. The molecule has 0 saturated heterocycles. The minimum absolute atomic E-state index is 0.865. The molecule has 0 spiro atoms. The van der Waals surface area contributed by atoms with Crippen molar-refractivity contribution in [3.05, 3.63) is 91.0 Å². The van der Waals surface area contributed by atoms with Gasteiger partial charge in [-0.15, -0.1) is 32.9 Å². The van der Waals surface area contributed by atoms with Crippen LogP contribution in [0.1, 0.15) is 0 Å². The molecule has 0 aliphatic carbocycles. The van der Waals surface area contributed by atoms with Gasteiger partial charge in [0.25, 0.3) is 0 Å². The number of hydrogen-bond acceptors (Lipinski definition) is 5. The van der Waals surface area contributed by atoms with E-state index in [1.807, 2.05) is 18.2 Å². The Morgan fingerprint density at radius 3 is 1.80 bits per heavy atom. The Morgan fingerprint density at radius 2 is 1.10 bits per heavy atom. The molecule has 0 aliphatic rings. The molecule has 6 rings (SSSR count). The van der Waals surface area contributed by atoms with Gasteiger partial charge in [-0.05, 0) is 40.3 Å². The fourth-order valence-electron chi connectivity index (χ4n) is 3.73. The molecule has 0 fully saturated rings. The molecule has 3 aromatic heterocycles. The van der Waals surface area contributed by atoms with E-state index in [9.17, 15) is 0 Å². The van der Waals surface area contributed by atoms with Crippen LogP contribution in [0.5, 0.6) is 0 Å². The van der Waals surface area contributed by atoms with Crippen molar-refractivity contribution in [3.8, 4) is 32.3 Å². The number of nitrogens with zero attached hydrogens (tertiary/aromatic N) is 3. The van der Waals surface area contributed by atoms with E-state index < -0.39 is 0 Å². The molecule has 3 heterocycles. The van der Waals surface area contributed by atoms with Crippen LogP contribution in [0.2, 0.25) is 0 Å². The quantitative estimate of drug-likeness (QED) is 0.301. The van der Waals surface area contributed by atoms with Gasteiger partial charge in [0.05, 0.1) is 4.88 Å². The lowest BCUT2D eigenvalue weighted by atomic mass is 10.0. The predicted molar refractivity (Wildman–Crippen MR) is 127 cm³/mol. The van der Waals surface area contributed by atoms with Crippen LogP contribution in [0, 0.1) is 0 Å². The Labute approximate surface area is 181 Å². The first kappa shape index (κ1) is 17.4. The third-order valence-corrected chi connectivity index (χ3v) is 7.40. The van der Waals surface area contributed by atoms with Crippen molar-refractivity contribution < 1.29 is 0 Å². The molecule has 0 N–H and O–H groups in total. The summed E-state index contributed by atoms with van der Waals surface area (Å²) in [5.41, 5.74) is 3.84. The highest BCUT2D eigenvalue weighted by molar-refractivity contribution is 7.23. The van der Waals surface area contributed by atoms with Crippen molar-refractivity contribution in [1.29, 1.82) is 0 Å². The molecule has 0 unspecified atom stereocenters. The van der Waals surface area contributed by atoms with E-state index >= 15 is 0 Å². The Hall–Kier alpha value is -3.41. The fraction of sp³-hybridized carbons (Fsp3) is 0. The van der Waals surface area contributed by atoms with Crippen molar-refractivity contribution in [2.24, 2.45) is 0 Å². The fourth-order valence-corrected chi connectivity index (χ4v) is 5.90. The average molecular weight is 422 g/mol. The largest absolute Gasteiger partial charge is 0.135 e. The van der Waals surface area contributed by atoms with Crippen LogP contribution >= 0.6 is 22.7 Å². The minimum atomic E-state index is 0.865. The zero-order chi connectivity index (χ0) is 19.9. The minimum Gasteiger partial charge on any atom is -0.135 e. The van der Waals surface area contributed by atoms with Gasteiger partial charge in [0.1, 0.15) is 11.4 Å². The molecule has 0 radical (unpaired) electrons. The summed E-state index contributed by atoms with van der Waals surface area (Å²) in [6, 6.07) is 31.6. The second-order valence-electron chi connectivity index (χ2n) is 7.02. The lowest BCUT2D eigenvalue weighted by molar-refractivity contribution is 0.880. The first-order valence-electron chi connectivity index (χ1n) is 9.63. The second-order valence-corrected chi connectivity index (χ2v) is 9.19. The van der Waals surface area contributed by atoms with Gasteiger partial charge in [0.15, 0.2) is 0 Å². The van der Waals surface area contributed by atoms with Gasteiger partial charge in [-0.1, -0.05) is 66.7 Å². The van der Waals surface area contributed by atoms with Crippen molar-refractivity contribution in [3.63, 3.8) is 0 Å². The summed E-state index contributed by atoms with van der Waals surface area (Å²) in [6.07, 6.45) is 0. The van der Waals surface area contributed by atoms with Gasteiger partial charge in [-0.25, -0.2) is 0 Å². The number of aromatic nitrogens is 3. The van der Waals surface area contributed by atoms with Crippen LogP contribution in [0.25, 0.3) is 52.4 Å². The summed E-state index contributed by atoms with van der Waals surface area (Å²) in [5, 5.41) is 15.6. The summed E-state index contributed by atoms with van der Waals surface area (Å²) in [6.45, 7) is 0. The molecule has 0 amide bonds. The molecular weight excluding hydrogens is 406 g/mol. The second kappa shape index (κ2) is 7.13. The van der Waals surface area contributed by atoms with Crippen LogP contribution in [0.4, 0.5) is 0 Å². The van der Waals surface area contributed by atoms with Crippen molar-refractivity contribution >= 4 is 42.8 Å². The van der Waals surface area contributed by atoms with Gasteiger partial charge >= 0.3 is 0 Å².